The van der Waals surface area contributed by atoms with Crippen LogP contribution in [-0.2, 0) is 19.1 Å². The number of carbonyl (C=O) groups excluding carboxylic acids is 2. The molecule has 0 N–H and O–H groups in total. The molecule has 0 aliphatic carbocycles. The Morgan fingerprint density at radius 2 is 1.85 bits per heavy atom. The van der Waals surface area contributed by atoms with E-state index in [0.29, 0.717) is 13.0 Å². The SMILES string of the molecule is CO[C@@H]1C[C@H](C(=O)N(C)OC)N(C(=O)OC(C)(C)C)C1. The Labute approximate surface area is 119 Å². The summed E-state index contributed by atoms with van der Waals surface area (Å²) in [6, 6.07) is -0.625. The van der Waals surface area contributed by atoms with Gasteiger partial charge in [0.25, 0.3) is 5.91 Å². The van der Waals surface area contributed by atoms with Crippen LogP contribution in [0.4, 0.5) is 4.79 Å². The molecule has 0 aromatic rings. The third kappa shape index (κ3) is 4.08. The van der Waals surface area contributed by atoms with Gasteiger partial charge in [-0.25, -0.2) is 9.86 Å². The molecule has 1 saturated heterocycles. The van der Waals surface area contributed by atoms with Crippen LogP contribution in [0.25, 0.3) is 0 Å². The van der Waals surface area contributed by atoms with E-state index in [0.717, 1.165) is 5.06 Å². The van der Waals surface area contributed by atoms with E-state index in [9.17, 15) is 9.59 Å². The molecule has 0 unspecified atom stereocenters. The molecule has 0 aromatic carbocycles. The third-order valence-electron chi connectivity index (χ3n) is 3.09. The number of nitrogens with zero attached hydrogens (tertiary/aromatic N) is 2. The van der Waals surface area contributed by atoms with Crippen LogP contribution in [0.2, 0.25) is 0 Å². The average molecular weight is 288 g/mol. The fourth-order valence-corrected chi connectivity index (χ4v) is 2.02. The molecule has 1 heterocycles. The number of carbonyl (C=O) groups is 2. The first kappa shape index (κ1) is 16.7. The molecule has 7 heteroatoms. The van der Waals surface area contributed by atoms with Crippen LogP contribution in [0.3, 0.4) is 0 Å². The maximum absolute atomic E-state index is 12.2. The summed E-state index contributed by atoms with van der Waals surface area (Å²) in [6.07, 6.45) is -0.260. The van der Waals surface area contributed by atoms with Gasteiger partial charge in [-0.3, -0.25) is 14.5 Å². The van der Waals surface area contributed by atoms with Gasteiger partial charge >= 0.3 is 6.09 Å². The van der Waals surface area contributed by atoms with Gasteiger partial charge in [-0.1, -0.05) is 0 Å². The van der Waals surface area contributed by atoms with E-state index in [1.165, 1.54) is 19.1 Å². The van der Waals surface area contributed by atoms with Gasteiger partial charge in [0.15, 0.2) is 0 Å². The highest BCUT2D eigenvalue weighted by atomic mass is 16.7. The summed E-state index contributed by atoms with van der Waals surface area (Å²) in [5.74, 6) is -0.294. The van der Waals surface area contributed by atoms with Crippen LogP contribution < -0.4 is 0 Å². The van der Waals surface area contributed by atoms with Crippen molar-refractivity contribution in [3.05, 3.63) is 0 Å². The molecule has 0 radical (unpaired) electrons. The fourth-order valence-electron chi connectivity index (χ4n) is 2.02. The normalized spacial score (nSPS) is 22.8. The summed E-state index contributed by atoms with van der Waals surface area (Å²) < 4.78 is 10.6. The maximum Gasteiger partial charge on any atom is 0.411 e. The number of hydrogen-bond acceptors (Lipinski definition) is 5. The Balaban J connectivity index is 2.84. The first-order valence-electron chi connectivity index (χ1n) is 6.53. The summed E-state index contributed by atoms with van der Waals surface area (Å²) in [6.45, 7) is 5.69. The van der Waals surface area contributed by atoms with Gasteiger partial charge < -0.3 is 9.47 Å². The lowest BCUT2D eigenvalue weighted by molar-refractivity contribution is -0.173. The highest BCUT2D eigenvalue weighted by molar-refractivity contribution is 5.85. The van der Waals surface area contributed by atoms with E-state index in [4.69, 9.17) is 14.3 Å². The first-order chi connectivity index (χ1) is 9.19. The van der Waals surface area contributed by atoms with Crippen molar-refractivity contribution >= 4 is 12.0 Å². The van der Waals surface area contributed by atoms with Gasteiger partial charge in [0.05, 0.1) is 19.8 Å². The molecule has 1 fully saturated rings. The van der Waals surface area contributed by atoms with Crippen LogP contribution in [0.15, 0.2) is 0 Å². The second-order valence-corrected chi connectivity index (χ2v) is 5.76. The number of hydrogen-bond donors (Lipinski definition) is 0. The minimum atomic E-state index is -0.625. The minimum Gasteiger partial charge on any atom is -0.444 e. The van der Waals surface area contributed by atoms with Crippen molar-refractivity contribution in [2.24, 2.45) is 0 Å². The third-order valence-corrected chi connectivity index (χ3v) is 3.09. The number of methoxy groups -OCH3 is 1. The van der Waals surface area contributed by atoms with Crippen molar-refractivity contribution in [2.45, 2.75) is 44.9 Å². The predicted molar refractivity (Wildman–Crippen MR) is 71.9 cm³/mol. The molecule has 1 aliphatic heterocycles. The van der Waals surface area contributed by atoms with Gasteiger partial charge in [-0.2, -0.15) is 0 Å². The zero-order valence-corrected chi connectivity index (χ0v) is 13.0. The largest absolute Gasteiger partial charge is 0.444 e. The second kappa shape index (κ2) is 6.41. The molecule has 2 atom stereocenters. The average Bonchev–Trinajstić information content (AvgIpc) is 2.79. The molecule has 20 heavy (non-hydrogen) atoms. The summed E-state index contributed by atoms with van der Waals surface area (Å²) in [7, 11) is 4.47. The van der Waals surface area contributed by atoms with Gasteiger partial charge in [-0.15, -0.1) is 0 Å². The molecule has 7 nitrogen and oxygen atoms in total. The van der Waals surface area contributed by atoms with E-state index in [1.54, 1.807) is 27.9 Å². The number of amides is 2. The van der Waals surface area contributed by atoms with E-state index >= 15 is 0 Å². The maximum atomic E-state index is 12.2. The van der Waals surface area contributed by atoms with Crippen LogP contribution in [0, 0.1) is 0 Å². The monoisotopic (exact) mass is 288 g/mol. The van der Waals surface area contributed by atoms with E-state index in [2.05, 4.69) is 0 Å². The van der Waals surface area contributed by atoms with Crippen molar-refractivity contribution in [1.82, 2.24) is 9.96 Å². The van der Waals surface area contributed by atoms with E-state index in [-0.39, 0.29) is 12.0 Å². The van der Waals surface area contributed by atoms with Crippen LogP contribution >= 0.6 is 0 Å². The van der Waals surface area contributed by atoms with Gasteiger partial charge in [0.2, 0.25) is 0 Å². The molecular formula is C13H24N2O5. The van der Waals surface area contributed by atoms with Crippen molar-refractivity contribution in [3.8, 4) is 0 Å². The predicted octanol–water partition coefficient (Wildman–Crippen LogP) is 1.03. The summed E-state index contributed by atoms with van der Waals surface area (Å²) >= 11 is 0. The van der Waals surface area contributed by atoms with Crippen molar-refractivity contribution in [1.29, 1.82) is 0 Å². The topological polar surface area (TPSA) is 68.3 Å². The smallest absolute Gasteiger partial charge is 0.411 e. The lowest BCUT2D eigenvalue weighted by Crippen LogP contribution is -2.47. The molecule has 0 spiro atoms. The number of likely N-dealkylation sites (tertiary alicyclic amines) is 1. The Morgan fingerprint density at radius 3 is 2.30 bits per heavy atom. The molecule has 1 rings (SSSR count). The van der Waals surface area contributed by atoms with Crippen molar-refractivity contribution in [2.75, 3.05) is 27.8 Å². The lowest BCUT2D eigenvalue weighted by atomic mass is 10.2. The number of rotatable bonds is 3. The zero-order valence-electron chi connectivity index (χ0n) is 13.0. The number of likely N-dealkylation sites (N-methyl/N-ethyl adjacent to an activating group) is 1. The highest BCUT2D eigenvalue weighted by Crippen LogP contribution is 2.24. The summed E-state index contributed by atoms with van der Waals surface area (Å²) in [4.78, 5) is 30.7. The first-order valence-corrected chi connectivity index (χ1v) is 6.53. The van der Waals surface area contributed by atoms with E-state index < -0.39 is 17.7 Å². The molecular weight excluding hydrogens is 264 g/mol. The highest BCUT2D eigenvalue weighted by Gasteiger charge is 2.42. The standard InChI is InChI=1S/C13H24N2O5/c1-13(2,3)20-12(17)15-8-9(18-5)7-10(15)11(16)14(4)19-6/h9-10H,7-8H2,1-6H3/t9-,10-/m1/s1. The molecule has 0 bridgehead atoms. The van der Waals surface area contributed by atoms with E-state index in [1.807, 2.05) is 0 Å². The van der Waals surface area contributed by atoms with Gasteiger partial charge in [0.1, 0.15) is 11.6 Å². The van der Waals surface area contributed by atoms with Gasteiger partial charge in [-0.05, 0) is 20.8 Å². The van der Waals surface area contributed by atoms with Crippen molar-refractivity contribution < 1.29 is 23.9 Å². The molecule has 1 aliphatic rings. The zero-order chi connectivity index (χ0) is 15.5. The van der Waals surface area contributed by atoms with Crippen LogP contribution in [-0.4, -0.2) is 67.5 Å². The minimum absolute atomic E-state index is 0.179. The molecule has 116 valence electrons. The Kier molecular flexibility index (Phi) is 5.35. The Bertz CT molecular complexity index is 366. The summed E-state index contributed by atoms with van der Waals surface area (Å²) in [5, 5.41) is 1.11. The Hall–Kier alpha value is -1.34. The van der Waals surface area contributed by atoms with Gasteiger partial charge in [0, 0.05) is 20.6 Å². The van der Waals surface area contributed by atoms with Crippen molar-refractivity contribution in [3.63, 3.8) is 0 Å². The van der Waals surface area contributed by atoms with Crippen LogP contribution in [0.5, 0.6) is 0 Å². The number of ether oxygens (including phenoxy) is 2. The lowest BCUT2D eigenvalue weighted by Gasteiger charge is -2.29. The summed E-state index contributed by atoms with van der Waals surface area (Å²) in [5.41, 5.74) is -0.608. The Morgan fingerprint density at radius 1 is 1.25 bits per heavy atom. The van der Waals surface area contributed by atoms with Crippen LogP contribution in [0.1, 0.15) is 27.2 Å². The quantitative estimate of drug-likeness (QED) is 0.726. The molecule has 0 aromatic heterocycles. The second-order valence-electron chi connectivity index (χ2n) is 5.76. The fraction of sp³-hybridized carbons (Fsp3) is 0.846. The molecule has 0 saturated carbocycles. The molecule has 2 amide bonds. The number of hydroxylamine groups is 2.